The number of hydrogen-bond acceptors (Lipinski definition) is 3. The van der Waals surface area contributed by atoms with Crippen LogP contribution >= 0.6 is 11.3 Å². The van der Waals surface area contributed by atoms with Gasteiger partial charge in [0.15, 0.2) is 12.3 Å². The molecule has 1 unspecified atom stereocenters. The molecule has 0 saturated heterocycles. The van der Waals surface area contributed by atoms with Crippen LogP contribution in [0.3, 0.4) is 0 Å². The van der Waals surface area contributed by atoms with Gasteiger partial charge < -0.3 is 14.6 Å². The zero-order valence-electron chi connectivity index (χ0n) is 16.5. The Bertz CT molecular complexity index is 712. The molecule has 2 aromatic rings. The molecule has 2 N–H and O–H groups in total. The van der Waals surface area contributed by atoms with Gasteiger partial charge in [0.2, 0.25) is 0 Å². The number of amides is 1. The van der Waals surface area contributed by atoms with Crippen molar-refractivity contribution in [2.75, 3.05) is 13.1 Å². The van der Waals surface area contributed by atoms with E-state index in [9.17, 15) is 4.79 Å². The van der Waals surface area contributed by atoms with Crippen molar-refractivity contribution in [2.45, 2.75) is 51.6 Å². The molecule has 6 rings (SSSR count). The van der Waals surface area contributed by atoms with Crippen molar-refractivity contribution in [3.05, 3.63) is 46.5 Å². The summed E-state index contributed by atoms with van der Waals surface area (Å²) >= 11 is 1.76. The molecule has 1 amide bonds. The van der Waals surface area contributed by atoms with Gasteiger partial charge in [0, 0.05) is 6.54 Å². The molecule has 2 aromatic heterocycles. The summed E-state index contributed by atoms with van der Waals surface area (Å²) in [6, 6.07) is 8.16. The number of carbonyl (C=O) groups excluding carboxylic acids is 1. The van der Waals surface area contributed by atoms with Gasteiger partial charge >= 0.3 is 0 Å². The van der Waals surface area contributed by atoms with E-state index in [2.05, 4.69) is 22.8 Å². The van der Waals surface area contributed by atoms with E-state index in [4.69, 9.17) is 4.42 Å². The second kappa shape index (κ2) is 7.68. The van der Waals surface area contributed by atoms with Crippen LogP contribution in [0.1, 0.15) is 49.2 Å². The average Bonchev–Trinajstić information content (AvgIpc) is 3.33. The molecule has 0 aromatic carbocycles. The highest BCUT2D eigenvalue weighted by atomic mass is 32.1. The van der Waals surface area contributed by atoms with Crippen molar-refractivity contribution in [2.24, 2.45) is 23.2 Å². The van der Waals surface area contributed by atoms with Gasteiger partial charge in [-0.1, -0.05) is 6.07 Å². The van der Waals surface area contributed by atoms with Gasteiger partial charge in [0.05, 0.1) is 11.1 Å². The largest absolute Gasteiger partial charge is 0.463 e. The van der Waals surface area contributed by atoms with Crippen LogP contribution in [0.25, 0.3) is 0 Å². The van der Waals surface area contributed by atoms with Crippen LogP contribution in [-0.4, -0.2) is 19.0 Å². The van der Waals surface area contributed by atoms with E-state index in [1.807, 2.05) is 12.1 Å². The van der Waals surface area contributed by atoms with Crippen molar-refractivity contribution in [1.82, 2.24) is 5.32 Å². The molecule has 0 spiro atoms. The van der Waals surface area contributed by atoms with Crippen LogP contribution in [0.15, 0.2) is 40.3 Å². The molecule has 0 aliphatic heterocycles. The maximum Gasteiger partial charge on any atom is 0.275 e. The summed E-state index contributed by atoms with van der Waals surface area (Å²) in [6.45, 7) is 3.01. The van der Waals surface area contributed by atoms with Crippen LogP contribution < -0.4 is 10.2 Å². The molecule has 5 heteroatoms. The molecular weight excluding hydrogens is 368 g/mol. The second-order valence-electron chi connectivity index (χ2n) is 9.63. The van der Waals surface area contributed by atoms with Crippen molar-refractivity contribution < 1.29 is 14.1 Å². The maximum atomic E-state index is 12.8. The van der Waals surface area contributed by atoms with E-state index >= 15 is 0 Å². The van der Waals surface area contributed by atoms with E-state index < -0.39 is 0 Å². The first-order valence-electron chi connectivity index (χ1n) is 10.8. The third kappa shape index (κ3) is 4.06. The van der Waals surface area contributed by atoms with E-state index in [0.29, 0.717) is 12.0 Å². The minimum Gasteiger partial charge on any atom is -0.463 e. The Kier molecular flexibility index (Phi) is 5.06. The van der Waals surface area contributed by atoms with E-state index in [1.165, 1.54) is 48.3 Å². The van der Waals surface area contributed by atoms with E-state index in [-0.39, 0.29) is 5.91 Å². The number of carbonyl (C=O) groups is 1. The molecule has 2 heterocycles. The summed E-state index contributed by atoms with van der Waals surface area (Å²) in [5, 5.41) is 5.45. The fourth-order valence-electron chi connectivity index (χ4n) is 6.59. The molecule has 4 aliphatic carbocycles. The zero-order valence-corrected chi connectivity index (χ0v) is 17.3. The molecule has 4 saturated carbocycles. The lowest BCUT2D eigenvalue weighted by atomic mass is 9.49. The fourth-order valence-corrected chi connectivity index (χ4v) is 7.37. The van der Waals surface area contributed by atoms with Crippen molar-refractivity contribution in [3.8, 4) is 0 Å². The minimum atomic E-state index is 0.189. The number of furan rings is 1. The predicted octanol–water partition coefficient (Wildman–Crippen LogP) is 3.26. The van der Waals surface area contributed by atoms with Crippen molar-refractivity contribution in [1.29, 1.82) is 0 Å². The molecule has 0 radical (unpaired) electrons. The highest BCUT2D eigenvalue weighted by Crippen LogP contribution is 2.59. The normalized spacial score (nSPS) is 31.8. The topological polar surface area (TPSA) is 46.7 Å². The SMILES string of the molecule is O=C(C[NH+](Cc1ccco1)Cc1cccs1)NCC12CC3CC(CC(C3)C1)C2. The van der Waals surface area contributed by atoms with Crippen molar-refractivity contribution >= 4 is 17.2 Å². The summed E-state index contributed by atoms with van der Waals surface area (Å²) in [4.78, 5) is 15.4. The van der Waals surface area contributed by atoms with E-state index in [0.717, 1.165) is 43.1 Å². The molecule has 4 bridgehead atoms. The molecule has 28 heavy (non-hydrogen) atoms. The first-order valence-corrected chi connectivity index (χ1v) is 11.7. The van der Waals surface area contributed by atoms with E-state index in [1.54, 1.807) is 17.6 Å². The lowest BCUT2D eigenvalue weighted by Crippen LogP contribution is -3.10. The van der Waals surface area contributed by atoms with Gasteiger partial charge in [0.25, 0.3) is 5.91 Å². The number of nitrogens with one attached hydrogen (secondary N) is 2. The summed E-state index contributed by atoms with van der Waals surface area (Å²) < 4.78 is 5.54. The van der Waals surface area contributed by atoms with Crippen LogP contribution in [0.5, 0.6) is 0 Å². The Morgan fingerprint density at radius 1 is 1.11 bits per heavy atom. The quantitative estimate of drug-likeness (QED) is 0.716. The standard InChI is InChI=1S/C23H30N2O2S/c26-22(24-16-23-10-17-7-18(11-23)9-19(8-17)12-23)15-25(13-20-3-1-5-27-20)14-21-4-2-6-28-21/h1-6,17-19H,7-16H2,(H,24,26)/p+1. The lowest BCUT2D eigenvalue weighted by molar-refractivity contribution is -0.920. The Balaban J connectivity index is 1.19. The van der Waals surface area contributed by atoms with Crippen molar-refractivity contribution in [3.63, 3.8) is 0 Å². The number of hydrogen-bond donors (Lipinski definition) is 2. The third-order valence-corrected chi connectivity index (χ3v) is 8.12. The van der Waals surface area contributed by atoms with Gasteiger partial charge in [-0.15, -0.1) is 11.3 Å². The fraction of sp³-hybridized carbons (Fsp3) is 0.609. The molecule has 1 atom stereocenters. The third-order valence-electron chi connectivity index (χ3n) is 7.24. The number of thiophene rings is 1. The summed E-state index contributed by atoms with van der Waals surface area (Å²) in [5.74, 6) is 3.93. The highest BCUT2D eigenvalue weighted by molar-refractivity contribution is 7.09. The Labute approximate surface area is 171 Å². The van der Waals surface area contributed by atoms with Gasteiger partial charge in [0.1, 0.15) is 13.1 Å². The lowest BCUT2D eigenvalue weighted by Gasteiger charge is -2.56. The van der Waals surface area contributed by atoms with Crippen LogP contribution in [0.2, 0.25) is 0 Å². The maximum absolute atomic E-state index is 12.8. The Hall–Kier alpha value is -1.59. The van der Waals surface area contributed by atoms with Gasteiger partial charge in [-0.3, -0.25) is 4.79 Å². The van der Waals surface area contributed by atoms with Gasteiger partial charge in [-0.05, 0) is 85.3 Å². The minimum absolute atomic E-state index is 0.189. The highest BCUT2D eigenvalue weighted by Gasteiger charge is 2.50. The molecule has 4 aliphatic rings. The number of quaternary nitrogens is 1. The molecule has 4 fully saturated rings. The molecule has 4 nitrogen and oxygen atoms in total. The molecule has 150 valence electrons. The number of rotatable bonds is 8. The van der Waals surface area contributed by atoms with Gasteiger partial charge in [-0.25, -0.2) is 0 Å². The summed E-state index contributed by atoms with van der Waals surface area (Å²) in [7, 11) is 0. The van der Waals surface area contributed by atoms with Gasteiger partial charge in [-0.2, -0.15) is 0 Å². The first kappa shape index (κ1) is 18.4. The summed E-state index contributed by atoms with van der Waals surface area (Å²) in [6.07, 6.45) is 10.1. The predicted molar refractivity (Wildman–Crippen MR) is 110 cm³/mol. The van der Waals surface area contributed by atoms with Crippen LogP contribution in [0, 0.1) is 23.2 Å². The van der Waals surface area contributed by atoms with Crippen LogP contribution in [-0.2, 0) is 17.9 Å². The molecular formula is C23H31N2O2S+. The monoisotopic (exact) mass is 399 g/mol. The Morgan fingerprint density at radius 3 is 2.46 bits per heavy atom. The smallest absolute Gasteiger partial charge is 0.275 e. The zero-order chi connectivity index (χ0) is 19.0. The summed E-state index contributed by atoms with van der Waals surface area (Å²) in [5.41, 5.74) is 0.402. The first-order chi connectivity index (χ1) is 13.7. The second-order valence-corrected chi connectivity index (χ2v) is 10.7. The average molecular weight is 400 g/mol. The Morgan fingerprint density at radius 2 is 1.86 bits per heavy atom. The van der Waals surface area contributed by atoms with Crippen LogP contribution in [0.4, 0.5) is 0 Å².